The van der Waals surface area contributed by atoms with Gasteiger partial charge in [-0.15, -0.1) is 0 Å². The van der Waals surface area contributed by atoms with E-state index in [1.165, 1.54) is 38.6 Å². The van der Waals surface area contributed by atoms with Crippen LogP contribution in [0.2, 0.25) is 0 Å². The fraction of sp³-hybridized carbons (Fsp3) is 0.231. The Hall–Kier alpha value is -2.64. The van der Waals surface area contributed by atoms with Gasteiger partial charge >= 0.3 is 12.2 Å². The van der Waals surface area contributed by atoms with Gasteiger partial charge in [0.1, 0.15) is 5.69 Å². The molecule has 0 radical (unpaired) electrons. The first-order valence-corrected chi connectivity index (χ1v) is 5.83. The molecule has 0 N–H and O–H groups in total. The van der Waals surface area contributed by atoms with Gasteiger partial charge in [-0.05, 0) is 12.1 Å². The highest BCUT2D eigenvalue weighted by molar-refractivity contribution is 5.47. The van der Waals surface area contributed by atoms with Crippen molar-refractivity contribution in [2.75, 3.05) is 14.2 Å². The Morgan fingerprint density at radius 2 is 1.86 bits per heavy atom. The molecule has 6 nitrogen and oxygen atoms in total. The quantitative estimate of drug-likeness (QED) is 0.843. The van der Waals surface area contributed by atoms with Crippen molar-refractivity contribution in [1.82, 2.24) is 9.78 Å². The number of ether oxygens (including phenoxy) is 3. The standard InChI is InChI=1S/C13H12F2N2O4/c1-19-10-7-16-17(12(18)11(10)20-2)8-5-3-4-6-9(8)21-13(14)15/h3-7,13H,1-2H3. The fourth-order valence-corrected chi connectivity index (χ4v) is 1.76. The number of nitrogens with zero attached hydrogens (tertiary/aromatic N) is 2. The topological polar surface area (TPSA) is 62.6 Å². The summed E-state index contributed by atoms with van der Waals surface area (Å²) in [5, 5.41) is 3.87. The third-order valence-corrected chi connectivity index (χ3v) is 2.63. The monoisotopic (exact) mass is 298 g/mol. The van der Waals surface area contributed by atoms with E-state index >= 15 is 0 Å². The van der Waals surface area contributed by atoms with Crippen LogP contribution in [0.3, 0.4) is 0 Å². The minimum absolute atomic E-state index is 0.0729. The second-order valence-electron chi connectivity index (χ2n) is 3.81. The van der Waals surface area contributed by atoms with Crippen LogP contribution in [0.5, 0.6) is 17.2 Å². The highest BCUT2D eigenvalue weighted by Crippen LogP contribution is 2.25. The summed E-state index contributed by atoms with van der Waals surface area (Å²) >= 11 is 0. The smallest absolute Gasteiger partial charge is 0.387 e. The van der Waals surface area contributed by atoms with Crippen molar-refractivity contribution in [2.45, 2.75) is 6.61 Å². The van der Waals surface area contributed by atoms with Crippen molar-refractivity contribution in [3.8, 4) is 22.9 Å². The maximum Gasteiger partial charge on any atom is 0.387 e. The molecule has 112 valence electrons. The number of aromatic nitrogens is 2. The molecule has 1 heterocycles. The van der Waals surface area contributed by atoms with E-state index in [4.69, 9.17) is 9.47 Å². The zero-order chi connectivity index (χ0) is 15.4. The molecule has 0 saturated carbocycles. The SMILES string of the molecule is COc1cnn(-c2ccccc2OC(F)F)c(=O)c1OC. The molecular weight excluding hydrogens is 286 g/mol. The van der Waals surface area contributed by atoms with Gasteiger partial charge in [0.15, 0.2) is 11.5 Å². The summed E-state index contributed by atoms with van der Waals surface area (Å²) in [4.78, 5) is 12.3. The van der Waals surface area contributed by atoms with Crippen LogP contribution in [-0.4, -0.2) is 30.6 Å². The first kappa shape index (κ1) is 14.8. The molecule has 0 aliphatic carbocycles. The molecule has 21 heavy (non-hydrogen) atoms. The first-order chi connectivity index (χ1) is 10.1. The van der Waals surface area contributed by atoms with Crippen LogP contribution in [0.4, 0.5) is 8.78 Å². The predicted molar refractivity (Wildman–Crippen MR) is 69.6 cm³/mol. The van der Waals surface area contributed by atoms with E-state index in [1.54, 1.807) is 6.07 Å². The van der Waals surface area contributed by atoms with Gasteiger partial charge in [0.05, 0.1) is 20.4 Å². The van der Waals surface area contributed by atoms with E-state index in [2.05, 4.69) is 9.84 Å². The van der Waals surface area contributed by atoms with Crippen LogP contribution < -0.4 is 19.8 Å². The van der Waals surface area contributed by atoms with Gasteiger partial charge in [-0.2, -0.15) is 18.6 Å². The Labute approximate surface area is 118 Å². The van der Waals surface area contributed by atoms with Crippen molar-refractivity contribution >= 4 is 0 Å². The van der Waals surface area contributed by atoms with Gasteiger partial charge in [-0.1, -0.05) is 12.1 Å². The molecule has 0 spiro atoms. The average molecular weight is 298 g/mol. The molecule has 0 unspecified atom stereocenters. The highest BCUT2D eigenvalue weighted by atomic mass is 19.3. The average Bonchev–Trinajstić information content (AvgIpc) is 2.47. The van der Waals surface area contributed by atoms with E-state index in [0.29, 0.717) is 0 Å². The van der Waals surface area contributed by atoms with Crippen LogP contribution in [0.25, 0.3) is 5.69 Å². The Bertz CT molecular complexity index is 688. The van der Waals surface area contributed by atoms with E-state index in [0.717, 1.165) is 4.68 Å². The number of hydrogen-bond donors (Lipinski definition) is 0. The molecule has 2 rings (SSSR count). The molecule has 1 aromatic heterocycles. The zero-order valence-electron chi connectivity index (χ0n) is 11.2. The van der Waals surface area contributed by atoms with E-state index in [1.807, 2.05) is 0 Å². The lowest BCUT2D eigenvalue weighted by Gasteiger charge is -2.13. The summed E-state index contributed by atoms with van der Waals surface area (Å²) in [5.74, 6) is -0.111. The first-order valence-electron chi connectivity index (χ1n) is 5.83. The number of benzene rings is 1. The van der Waals surface area contributed by atoms with Gasteiger partial charge in [0.25, 0.3) is 0 Å². The van der Waals surface area contributed by atoms with Gasteiger partial charge in [0, 0.05) is 0 Å². The van der Waals surface area contributed by atoms with E-state index in [9.17, 15) is 13.6 Å². The van der Waals surface area contributed by atoms with Crippen molar-refractivity contribution < 1.29 is 23.0 Å². The molecule has 0 fully saturated rings. The van der Waals surface area contributed by atoms with Gasteiger partial charge < -0.3 is 14.2 Å². The third kappa shape index (κ3) is 2.93. The Morgan fingerprint density at radius 3 is 2.48 bits per heavy atom. The maximum atomic E-state index is 12.4. The van der Waals surface area contributed by atoms with Crippen LogP contribution >= 0.6 is 0 Å². The molecule has 0 saturated heterocycles. The number of alkyl halides is 2. The fourth-order valence-electron chi connectivity index (χ4n) is 1.76. The van der Waals surface area contributed by atoms with Crippen LogP contribution in [0.1, 0.15) is 0 Å². The molecule has 0 atom stereocenters. The number of para-hydroxylation sites is 2. The number of rotatable bonds is 5. The van der Waals surface area contributed by atoms with E-state index < -0.39 is 12.2 Å². The van der Waals surface area contributed by atoms with Crippen molar-refractivity contribution in [1.29, 1.82) is 0 Å². The predicted octanol–water partition coefficient (Wildman–Crippen LogP) is 1.85. The molecular formula is C13H12F2N2O4. The number of hydrogen-bond acceptors (Lipinski definition) is 5. The second kappa shape index (κ2) is 6.21. The summed E-state index contributed by atoms with van der Waals surface area (Å²) in [6.07, 6.45) is 1.25. The van der Waals surface area contributed by atoms with Gasteiger partial charge in [-0.3, -0.25) is 4.79 Å². The Morgan fingerprint density at radius 1 is 1.14 bits per heavy atom. The lowest BCUT2D eigenvalue weighted by molar-refractivity contribution is -0.0499. The minimum Gasteiger partial charge on any atom is -0.491 e. The van der Waals surface area contributed by atoms with Gasteiger partial charge in [-0.25, -0.2) is 0 Å². The Kier molecular flexibility index (Phi) is 4.36. The van der Waals surface area contributed by atoms with Crippen LogP contribution in [0, 0.1) is 0 Å². The number of methoxy groups -OCH3 is 2. The summed E-state index contributed by atoms with van der Waals surface area (Å²) in [6.45, 7) is -3.01. The molecule has 8 heteroatoms. The Balaban J connectivity index is 2.60. The highest BCUT2D eigenvalue weighted by Gasteiger charge is 2.17. The molecule has 0 aliphatic rings. The van der Waals surface area contributed by atoms with Crippen molar-refractivity contribution in [3.63, 3.8) is 0 Å². The summed E-state index contributed by atoms with van der Waals surface area (Å²) in [5.41, 5.74) is -0.578. The minimum atomic E-state index is -3.01. The normalized spacial score (nSPS) is 10.5. The lowest BCUT2D eigenvalue weighted by atomic mass is 10.3. The summed E-state index contributed by atoms with van der Waals surface area (Å²) < 4.78 is 40.0. The largest absolute Gasteiger partial charge is 0.491 e. The second-order valence-corrected chi connectivity index (χ2v) is 3.81. The lowest BCUT2D eigenvalue weighted by Crippen LogP contribution is -2.23. The molecule has 0 aliphatic heterocycles. The third-order valence-electron chi connectivity index (χ3n) is 2.63. The zero-order valence-corrected chi connectivity index (χ0v) is 11.2. The molecule has 1 aromatic carbocycles. The maximum absolute atomic E-state index is 12.4. The van der Waals surface area contributed by atoms with Crippen LogP contribution in [0.15, 0.2) is 35.3 Å². The molecule has 2 aromatic rings. The van der Waals surface area contributed by atoms with E-state index in [-0.39, 0.29) is 22.9 Å². The molecule has 0 bridgehead atoms. The van der Waals surface area contributed by atoms with Gasteiger partial charge in [0.2, 0.25) is 5.75 Å². The van der Waals surface area contributed by atoms with Crippen LogP contribution in [-0.2, 0) is 0 Å². The van der Waals surface area contributed by atoms with Crippen molar-refractivity contribution in [2.24, 2.45) is 0 Å². The molecule has 0 amide bonds. The number of halogens is 2. The summed E-state index contributed by atoms with van der Waals surface area (Å²) in [6, 6.07) is 5.82. The summed E-state index contributed by atoms with van der Waals surface area (Å²) in [7, 11) is 2.66. The van der Waals surface area contributed by atoms with Crippen molar-refractivity contribution in [3.05, 3.63) is 40.8 Å².